The van der Waals surface area contributed by atoms with Gasteiger partial charge in [0.2, 0.25) is 0 Å². The minimum atomic E-state index is -0.553. The van der Waals surface area contributed by atoms with E-state index in [0.29, 0.717) is 29.2 Å². The first-order valence-electron chi connectivity index (χ1n) is 7.73. The number of allylic oxidation sites excluding steroid dienone is 1. The number of nitrogens with zero attached hydrogens (tertiary/aromatic N) is 1. The fourth-order valence-corrected chi connectivity index (χ4v) is 3.44. The summed E-state index contributed by atoms with van der Waals surface area (Å²) in [6.45, 7) is 0. The van der Waals surface area contributed by atoms with Crippen LogP contribution in [-0.2, 0) is 4.79 Å². The lowest BCUT2D eigenvalue weighted by atomic mass is 9.85. The van der Waals surface area contributed by atoms with Crippen molar-refractivity contribution in [2.24, 2.45) is 4.99 Å². The van der Waals surface area contributed by atoms with Crippen molar-refractivity contribution >= 4 is 23.2 Å². The van der Waals surface area contributed by atoms with E-state index < -0.39 is 11.9 Å². The molecule has 24 heavy (non-hydrogen) atoms. The van der Waals surface area contributed by atoms with E-state index in [1.54, 1.807) is 24.5 Å². The smallest absolute Gasteiger partial charge is 0.169 e. The fraction of sp³-hybridized carbons (Fsp3) is 0.222. The fourth-order valence-electron chi connectivity index (χ4n) is 3.17. The predicted molar refractivity (Wildman–Crippen MR) is 88.4 cm³/mol. The monoisotopic (exact) mass is 344 g/mol. The topological polar surface area (TPSA) is 54.6 Å². The number of hydrogen-bond donors (Lipinski definition) is 1. The van der Waals surface area contributed by atoms with Crippen LogP contribution in [0.5, 0.6) is 0 Å². The molecule has 1 aromatic carbocycles. The van der Waals surface area contributed by atoms with Gasteiger partial charge in [0.15, 0.2) is 17.4 Å². The van der Waals surface area contributed by atoms with Gasteiger partial charge in [-0.15, -0.1) is 0 Å². The molecule has 2 heterocycles. The molecule has 0 saturated carbocycles. The lowest BCUT2D eigenvalue weighted by Gasteiger charge is -2.30. The summed E-state index contributed by atoms with van der Waals surface area (Å²) >= 11 is 6.23. The standard InChI is InChI=1S/C18H14ClFN2O2/c19-12-9-10(20)6-7-11(12)17-16-13(3-1-4-14(16)23)21-18(22-17)15-5-2-8-24-15/h2,5-9,17H,1,3-4H2,(H,21,22). The molecule has 1 atom stereocenters. The number of nitrogens with one attached hydrogen (secondary N) is 1. The van der Waals surface area contributed by atoms with Crippen molar-refractivity contribution in [1.82, 2.24) is 5.32 Å². The normalized spacial score (nSPS) is 20.5. The number of amidine groups is 1. The zero-order chi connectivity index (χ0) is 16.7. The zero-order valence-corrected chi connectivity index (χ0v) is 13.4. The molecule has 0 bridgehead atoms. The molecule has 1 N–H and O–H groups in total. The molecule has 4 rings (SSSR count). The molecule has 1 aromatic heterocycles. The minimum absolute atomic E-state index is 0.0522. The molecule has 0 amide bonds. The Bertz CT molecular complexity index is 871. The Balaban J connectivity index is 1.86. The molecule has 0 radical (unpaired) electrons. The highest BCUT2D eigenvalue weighted by Crippen LogP contribution is 2.39. The Morgan fingerprint density at radius 3 is 2.92 bits per heavy atom. The Morgan fingerprint density at radius 2 is 2.17 bits per heavy atom. The zero-order valence-electron chi connectivity index (χ0n) is 12.7. The number of ketones is 1. The number of halogens is 2. The molecule has 2 aliphatic rings. The highest BCUT2D eigenvalue weighted by molar-refractivity contribution is 6.31. The van der Waals surface area contributed by atoms with Gasteiger partial charge in [0.1, 0.15) is 11.9 Å². The van der Waals surface area contributed by atoms with E-state index in [1.165, 1.54) is 12.1 Å². The third-order valence-corrected chi connectivity index (χ3v) is 4.60. The van der Waals surface area contributed by atoms with Crippen LogP contribution in [0, 0.1) is 5.82 Å². The van der Waals surface area contributed by atoms with Gasteiger partial charge in [-0.05, 0) is 37.1 Å². The van der Waals surface area contributed by atoms with Gasteiger partial charge in [-0.2, -0.15) is 0 Å². The number of aliphatic imine (C=N–C) groups is 1. The summed E-state index contributed by atoms with van der Waals surface area (Å²) in [5.74, 6) is 0.773. The summed E-state index contributed by atoms with van der Waals surface area (Å²) in [6.07, 6.45) is 3.60. The molecular weight excluding hydrogens is 331 g/mol. The number of hydrogen-bond acceptors (Lipinski definition) is 4. The third kappa shape index (κ3) is 2.55. The van der Waals surface area contributed by atoms with Gasteiger partial charge in [0, 0.05) is 28.3 Å². The first-order chi connectivity index (χ1) is 11.6. The van der Waals surface area contributed by atoms with Gasteiger partial charge in [0.05, 0.1) is 6.26 Å². The van der Waals surface area contributed by atoms with Crippen molar-refractivity contribution in [3.63, 3.8) is 0 Å². The van der Waals surface area contributed by atoms with Gasteiger partial charge in [-0.25, -0.2) is 4.39 Å². The van der Waals surface area contributed by atoms with Crippen LogP contribution in [0.1, 0.15) is 36.6 Å². The molecule has 0 spiro atoms. The lowest BCUT2D eigenvalue weighted by Crippen LogP contribution is -2.35. The maximum absolute atomic E-state index is 13.4. The third-order valence-electron chi connectivity index (χ3n) is 4.27. The van der Waals surface area contributed by atoms with E-state index in [-0.39, 0.29) is 10.8 Å². The second kappa shape index (κ2) is 5.91. The van der Waals surface area contributed by atoms with E-state index >= 15 is 0 Å². The van der Waals surface area contributed by atoms with Crippen LogP contribution in [0.3, 0.4) is 0 Å². The van der Waals surface area contributed by atoms with Crippen LogP contribution < -0.4 is 5.32 Å². The quantitative estimate of drug-likeness (QED) is 0.889. The van der Waals surface area contributed by atoms with Gasteiger partial charge in [0.25, 0.3) is 0 Å². The van der Waals surface area contributed by atoms with Gasteiger partial charge < -0.3 is 9.73 Å². The number of carbonyl (C=O) groups excluding carboxylic acids is 1. The summed E-state index contributed by atoms with van der Waals surface area (Å²) in [7, 11) is 0. The van der Waals surface area contributed by atoms with Crippen molar-refractivity contribution in [3.05, 3.63) is 70.0 Å². The summed E-state index contributed by atoms with van der Waals surface area (Å²) in [5, 5.41) is 3.48. The first kappa shape index (κ1) is 15.1. The highest BCUT2D eigenvalue weighted by atomic mass is 35.5. The number of furan rings is 1. The number of rotatable bonds is 2. The van der Waals surface area contributed by atoms with E-state index in [1.807, 2.05) is 0 Å². The molecule has 0 saturated heterocycles. The Kier molecular flexibility index (Phi) is 3.73. The van der Waals surface area contributed by atoms with Crippen molar-refractivity contribution in [2.75, 3.05) is 0 Å². The summed E-state index contributed by atoms with van der Waals surface area (Å²) in [5.41, 5.74) is 2.08. The second-order valence-electron chi connectivity index (χ2n) is 5.82. The summed E-state index contributed by atoms with van der Waals surface area (Å²) in [4.78, 5) is 17.1. The largest absolute Gasteiger partial charge is 0.461 e. The average Bonchev–Trinajstić information content (AvgIpc) is 3.09. The maximum Gasteiger partial charge on any atom is 0.169 e. The van der Waals surface area contributed by atoms with E-state index in [0.717, 1.165) is 18.5 Å². The number of Topliss-reactive ketones (excluding diaryl/α,β-unsaturated/α-hetero) is 1. The molecule has 1 aliphatic carbocycles. The van der Waals surface area contributed by atoms with Crippen molar-refractivity contribution in [2.45, 2.75) is 25.3 Å². The number of benzene rings is 1. The van der Waals surface area contributed by atoms with Crippen molar-refractivity contribution in [1.29, 1.82) is 0 Å². The van der Waals surface area contributed by atoms with Gasteiger partial charge in [-0.3, -0.25) is 9.79 Å². The molecular formula is C18H14ClFN2O2. The van der Waals surface area contributed by atoms with Crippen LogP contribution >= 0.6 is 11.6 Å². The van der Waals surface area contributed by atoms with E-state index in [9.17, 15) is 9.18 Å². The van der Waals surface area contributed by atoms with Gasteiger partial charge >= 0.3 is 0 Å². The summed E-state index contributed by atoms with van der Waals surface area (Å²) in [6, 6.07) is 7.18. The number of carbonyl (C=O) groups is 1. The molecule has 6 heteroatoms. The van der Waals surface area contributed by atoms with Gasteiger partial charge in [-0.1, -0.05) is 17.7 Å². The molecule has 1 aliphatic heterocycles. The van der Waals surface area contributed by atoms with Crippen molar-refractivity contribution in [3.8, 4) is 0 Å². The Hall–Kier alpha value is -2.40. The van der Waals surface area contributed by atoms with Crippen LogP contribution in [0.2, 0.25) is 5.02 Å². The second-order valence-corrected chi connectivity index (χ2v) is 6.22. The maximum atomic E-state index is 13.4. The lowest BCUT2D eigenvalue weighted by molar-refractivity contribution is -0.116. The Morgan fingerprint density at radius 1 is 1.29 bits per heavy atom. The van der Waals surface area contributed by atoms with E-state index in [4.69, 9.17) is 16.0 Å². The van der Waals surface area contributed by atoms with Crippen LogP contribution in [0.25, 0.3) is 0 Å². The van der Waals surface area contributed by atoms with Crippen molar-refractivity contribution < 1.29 is 13.6 Å². The molecule has 4 nitrogen and oxygen atoms in total. The SMILES string of the molecule is O=C1CCCC2=C1C(c1ccc(F)cc1Cl)N=C(c1ccco1)N2. The van der Waals surface area contributed by atoms with E-state index in [2.05, 4.69) is 10.3 Å². The average molecular weight is 345 g/mol. The van der Waals surface area contributed by atoms with Crippen LogP contribution in [-0.4, -0.2) is 11.6 Å². The molecule has 1 unspecified atom stereocenters. The van der Waals surface area contributed by atoms with Crippen LogP contribution in [0.4, 0.5) is 4.39 Å². The highest BCUT2D eigenvalue weighted by Gasteiger charge is 2.34. The minimum Gasteiger partial charge on any atom is -0.461 e. The molecule has 122 valence electrons. The predicted octanol–water partition coefficient (Wildman–Crippen LogP) is 4.17. The Labute approximate surface area is 143 Å². The first-order valence-corrected chi connectivity index (χ1v) is 8.11. The molecule has 0 fully saturated rings. The van der Waals surface area contributed by atoms with Crippen LogP contribution in [0.15, 0.2) is 57.3 Å². The summed E-state index contributed by atoms with van der Waals surface area (Å²) < 4.78 is 18.8. The molecule has 2 aromatic rings.